The zero-order valence-corrected chi connectivity index (χ0v) is 11.3. The van der Waals surface area contributed by atoms with E-state index in [2.05, 4.69) is 79.8 Å². The molecule has 0 heterocycles. The Morgan fingerprint density at radius 2 is 1.72 bits per heavy atom. The number of anilines is 2. The average molecular weight is 240 g/mol. The van der Waals surface area contributed by atoms with E-state index in [0.29, 0.717) is 0 Å². The standard InChI is InChI=1S/C16H20N2/c1-13-5-4-6-15(11-13)17-12-14-7-9-16(10-8-14)18(2)3/h4-11,17H,12H2,1-3H3. The molecule has 0 aliphatic heterocycles. The van der Waals surface area contributed by atoms with Crippen molar-refractivity contribution >= 4 is 11.4 Å². The van der Waals surface area contributed by atoms with Gasteiger partial charge < -0.3 is 10.2 Å². The normalized spacial score (nSPS) is 10.2. The van der Waals surface area contributed by atoms with Crippen molar-refractivity contribution in [2.45, 2.75) is 13.5 Å². The molecule has 0 saturated heterocycles. The molecular formula is C16H20N2. The van der Waals surface area contributed by atoms with Gasteiger partial charge in [0.1, 0.15) is 0 Å². The highest BCUT2D eigenvalue weighted by molar-refractivity contribution is 5.48. The highest BCUT2D eigenvalue weighted by Gasteiger charge is 1.97. The van der Waals surface area contributed by atoms with Crippen LogP contribution in [0.1, 0.15) is 11.1 Å². The van der Waals surface area contributed by atoms with Gasteiger partial charge in [0.2, 0.25) is 0 Å². The summed E-state index contributed by atoms with van der Waals surface area (Å²) in [7, 11) is 4.11. The third-order valence-corrected chi connectivity index (χ3v) is 2.97. The van der Waals surface area contributed by atoms with Crippen LogP contribution in [-0.4, -0.2) is 14.1 Å². The summed E-state index contributed by atoms with van der Waals surface area (Å²) in [6.07, 6.45) is 0. The zero-order valence-electron chi connectivity index (χ0n) is 11.3. The molecular weight excluding hydrogens is 220 g/mol. The second-order valence-electron chi connectivity index (χ2n) is 4.78. The molecule has 18 heavy (non-hydrogen) atoms. The van der Waals surface area contributed by atoms with Crippen LogP contribution in [0.25, 0.3) is 0 Å². The summed E-state index contributed by atoms with van der Waals surface area (Å²) in [5.74, 6) is 0. The highest BCUT2D eigenvalue weighted by atomic mass is 15.1. The van der Waals surface area contributed by atoms with Crippen LogP contribution >= 0.6 is 0 Å². The van der Waals surface area contributed by atoms with Crippen LogP contribution in [0.5, 0.6) is 0 Å². The minimum absolute atomic E-state index is 0.858. The smallest absolute Gasteiger partial charge is 0.0400 e. The third kappa shape index (κ3) is 3.27. The predicted octanol–water partition coefficient (Wildman–Crippen LogP) is 3.67. The SMILES string of the molecule is Cc1cccc(NCc2ccc(N(C)C)cc2)c1. The fourth-order valence-electron chi connectivity index (χ4n) is 1.87. The van der Waals surface area contributed by atoms with Crippen molar-refractivity contribution in [1.82, 2.24) is 0 Å². The number of hydrogen-bond acceptors (Lipinski definition) is 2. The second kappa shape index (κ2) is 5.58. The predicted molar refractivity (Wildman–Crippen MR) is 79.3 cm³/mol. The van der Waals surface area contributed by atoms with Crippen LogP contribution in [-0.2, 0) is 6.54 Å². The first-order valence-electron chi connectivity index (χ1n) is 6.22. The largest absolute Gasteiger partial charge is 0.381 e. The molecule has 2 heteroatoms. The molecule has 0 spiro atoms. The van der Waals surface area contributed by atoms with E-state index < -0.39 is 0 Å². The summed E-state index contributed by atoms with van der Waals surface area (Å²) in [6.45, 7) is 2.97. The van der Waals surface area contributed by atoms with Crippen LogP contribution in [0.15, 0.2) is 48.5 Å². The monoisotopic (exact) mass is 240 g/mol. The van der Waals surface area contributed by atoms with Crippen molar-refractivity contribution < 1.29 is 0 Å². The molecule has 0 bridgehead atoms. The van der Waals surface area contributed by atoms with Gasteiger partial charge >= 0.3 is 0 Å². The Hall–Kier alpha value is -1.96. The maximum absolute atomic E-state index is 3.44. The first kappa shape index (κ1) is 12.5. The van der Waals surface area contributed by atoms with E-state index in [1.807, 2.05) is 0 Å². The van der Waals surface area contributed by atoms with Gasteiger partial charge in [0.15, 0.2) is 0 Å². The van der Waals surface area contributed by atoms with Crippen molar-refractivity contribution in [1.29, 1.82) is 0 Å². The lowest BCUT2D eigenvalue weighted by molar-refractivity contribution is 1.11. The molecule has 0 saturated carbocycles. The summed E-state index contributed by atoms with van der Waals surface area (Å²) >= 11 is 0. The van der Waals surface area contributed by atoms with Crippen molar-refractivity contribution in [3.05, 3.63) is 59.7 Å². The minimum atomic E-state index is 0.858. The summed E-state index contributed by atoms with van der Waals surface area (Å²) in [5, 5.41) is 3.44. The van der Waals surface area contributed by atoms with Gasteiger partial charge in [-0.15, -0.1) is 0 Å². The first-order chi connectivity index (χ1) is 8.65. The topological polar surface area (TPSA) is 15.3 Å². The maximum Gasteiger partial charge on any atom is 0.0400 e. The van der Waals surface area contributed by atoms with Crippen LogP contribution < -0.4 is 10.2 Å². The van der Waals surface area contributed by atoms with E-state index in [-0.39, 0.29) is 0 Å². The molecule has 0 radical (unpaired) electrons. The maximum atomic E-state index is 3.44. The van der Waals surface area contributed by atoms with Crippen molar-refractivity contribution in [3.63, 3.8) is 0 Å². The quantitative estimate of drug-likeness (QED) is 0.877. The first-order valence-corrected chi connectivity index (χ1v) is 6.22. The van der Waals surface area contributed by atoms with Crippen LogP contribution in [0.4, 0.5) is 11.4 Å². The van der Waals surface area contributed by atoms with Crippen LogP contribution in [0.3, 0.4) is 0 Å². The molecule has 0 aliphatic carbocycles. The molecule has 0 fully saturated rings. The molecule has 94 valence electrons. The van der Waals surface area contributed by atoms with Gasteiger partial charge in [-0.1, -0.05) is 24.3 Å². The molecule has 2 nitrogen and oxygen atoms in total. The van der Waals surface area contributed by atoms with Crippen molar-refractivity contribution in [2.75, 3.05) is 24.3 Å². The summed E-state index contributed by atoms with van der Waals surface area (Å²) in [5.41, 5.74) is 4.98. The van der Waals surface area contributed by atoms with E-state index in [1.54, 1.807) is 0 Å². The lowest BCUT2D eigenvalue weighted by Gasteiger charge is -2.13. The second-order valence-corrected chi connectivity index (χ2v) is 4.78. The molecule has 0 unspecified atom stereocenters. The molecule has 0 aromatic heterocycles. The Balaban J connectivity index is 1.98. The number of aryl methyl sites for hydroxylation is 1. The summed E-state index contributed by atoms with van der Waals surface area (Å²) in [6, 6.07) is 17.1. The van der Waals surface area contributed by atoms with E-state index in [4.69, 9.17) is 0 Å². The van der Waals surface area contributed by atoms with E-state index in [9.17, 15) is 0 Å². The van der Waals surface area contributed by atoms with Gasteiger partial charge in [0.05, 0.1) is 0 Å². The fraction of sp³-hybridized carbons (Fsp3) is 0.250. The number of hydrogen-bond donors (Lipinski definition) is 1. The van der Waals surface area contributed by atoms with Gasteiger partial charge in [-0.05, 0) is 42.3 Å². The molecule has 1 N–H and O–H groups in total. The van der Waals surface area contributed by atoms with Crippen LogP contribution in [0.2, 0.25) is 0 Å². The van der Waals surface area contributed by atoms with E-state index in [1.165, 1.54) is 22.5 Å². The average Bonchev–Trinajstić information content (AvgIpc) is 2.37. The van der Waals surface area contributed by atoms with Gasteiger partial charge in [-0.3, -0.25) is 0 Å². The Kier molecular flexibility index (Phi) is 3.88. The number of benzene rings is 2. The molecule has 0 amide bonds. The number of nitrogens with zero attached hydrogens (tertiary/aromatic N) is 1. The number of rotatable bonds is 4. The fourth-order valence-corrected chi connectivity index (χ4v) is 1.87. The lowest BCUT2D eigenvalue weighted by Crippen LogP contribution is -2.08. The zero-order chi connectivity index (χ0) is 13.0. The van der Waals surface area contributed by atoms with E-state index >= 15 is 0 Å². The summed E-state index contributed by atoms with van der Waals surface area (Å²) in [4.78, 5) is 2.11. The molecule has 2 rings (SSSR count). The Morgan fingerprint density at radius 1 is 1.00 bits per heavy atom. The van der Waals surface area contributed by atoms with Gasteiger partial charge in [0.25, 0.3) is 0 Å². The molecule has 0 aliphatic rings. The van der Waals surface area contributed by atoms with Crippen molar-refractivity contribution in [2.24, 2.45) is 0 Å². The third-order valence-electron chi connectivity index (χ3n) is 2.97. The van der Waals surface area contributed by atoms with E-state index in [0.717, 1.165) is 6.54 Å². The Labute approximate surface area is 109 Å². The lowest BCUT2D eigenvalue weighted by atomic mass is 10.2. The minimum Gasteiger partial charge on any atom is -0.381 e. The van der Waals surface area contributed by atoms with Gasteiger partial charge in [-0.25, -0.2) is 0 Å². The van der Waals surface area contributed by atoms with Gasteiger partial charge in [-0.2, -0.15) is 0 Å². The molecule has 2 aromatic rings. The Morgan fingerprint density at radius 3 is 2.33 bits per heavy atom. The van der Waals surface area contributed by atoms with Gasteiger partial charge in [0, 0.05) is 32.0 Å². The molecule has 0 atom stereocenters. The Bertz CT molecular complexity index is 501. The van der Waals surface area contributed by atoms with Crippen LogP contribution in [0, 0.1) is 6.92 Å². The highest BCUT2D eigenvalue weighted by Crippen LogP contribution is 2.14. The summed E-state index contributed by atoms with van der Waals surface area (Å²) < 4.78 is 0. The molecule has 2 aromatic carbocycles. The number of nitrogens with one attached hydrogen (secondary N) is 1. The van der Waals surface area contributed by atoms with Crippen molar-refractivity contribution in [3.8, 4) is 0 Å².